The number of esters is 1. The predicted molar refractivity (Wildman–Crippen MR) is 89.6 cm³/mol. The van der Waals surface area contributed by atoms with E-state index in [1.165, 1.54) is 12.1 Å². The van der Waals surface area contributed by atoms with Gasteiger partial charge in [0.1, 0.15) is 12.4 Å². The number of benzene rings is 2. The van der Waals surface area contributed by atoms with Crippen molar-refractivity contribution in [3.63, 3.8) is 0 Å². The quantitative estimate of drug-likeness (QED) is 0.790. The number of carbonyl (C=O) groups excluding carboxylic acids is 1. The fourth-order valence-corrected chi connectivity index (χ4v) is 2.71. The lowest BCUT2D eigenvalue weighted by Crippen LogP contribution is -2.14. The molecule has 2 aromatic rings. The van der Waals surface area contributed by atoms with E-state index in [-0.39, 0.29) is 22.1 Å². The highest BCUT2D eigenvalue weighted by molar-refractivity contribution is 7.89. The number of halogens is 1. The lowest BCUT2D eigenvalue weighted by atomic mass is 10.2. The molecule has 0 aliphatic heterocycles. The lowest BCUT2D eigenvalue weighted by molar-refractivity contribution is 0.0469. The van der Waals surface area contributed by atoms with E-state index in [1.54, 1.807) is 18.2 Å². The normalized spacial score (nSPS) is 11.1. The summed E-state index contributed by atoms with van der Waals surface area (Å²) in [7, 11) is -3.94. The first kappa shape index (κ1) is 18.3. The summed E-state index contributed by atoms with van der Waals surface area (Å²) in [5.74, 6) is -0.144. The van der Waals surface area contributed by atoms with Crippen LogP contribution < -0.4 is 9.88 Å². The second-order valence-corrected chi connectivity index (χ2v) is 6.77. The van der Waals surface area contributed by atoms with Crippen molar-refractivity contribution in [3.05, 3.63) is 58.6 Å². The van der Waals surface area contributed by atoms with Gasteiger partial charge in [0.15, 0.2) is 0 Å². The van der Waals surface area contributed by atoms with Gasteiger partial charge in [0.2, 0.25) is 10.0 Å². The van der Waals surface area contributed by atoms with Crippen molar-refractivity contribution in [1.29, 1.82) is 0 Å². The Bertz CT molecular complexity index is 851. The van der Waals surface area contributed by atoms with Gasteiger partial charge in [-0.05, 0) is 31.2 Å². The van der Waals surface area contributed by atoms with E-state index in [0.717, 1.165) is 6.07 Å². The van der Waals surface area contributed by atoms with Crippen LogP contribution in [0, 0.1) is 0 Å². The Morgan fingerprint density at radius 2 is 1.92 bits per heavy atom. The molecule has 0 amide bonds. The molecule has 0 unspecified atom stereocenters. The molecule has 0 atom stereocenters. The van der Waals surface area contributed by atoms with Crippen molar-refractivity contribution < 1.29 is 22.7 Å². The summed E-state index contributed by atoms with van der Waals surface area (Å²) in [4.78, 5) is 12.0. The van der Waals surface area contributed by atoms with E-state index in [1.807, 2.05) is 13.0 Å². The zero-order valence-corrected chi connectivity index (χ0v) is 14.4. The molecule has 6 nitrogen and oxygen atoms in total. The van der Waals surface area contributed by atoms with E-state index in [4.69, 9.17) is 26.2 Å². The number of nitrogens with two attached hydrogens (primary N) is 1. The standard InChI is InChI=1S/C16H16ClNO5S/c1-2-22-15-6-4-3-5-11(15)10-23-16(19)13-9-12(24(18,20)21)7-8-14(13)17/h3-9H,2,10H2,1H3,(H2,18,20,21). The Labute approximate surface area is 145 Å². The zero-order chi connectivity index (χ0) is 17.7. The molecular weight excluding hydrogens is 354 g/mol. The Morgan fingerprint density at radius 1 is 1.21 bits per heavy atom. The number of rotatable bonds is 6. The predicted octanol–water partition coefficient (Wildman–Crippen LogP) is 2.74. The zero-order valence-electron chi connectivity index (χ0n) is 12.9. The second-order valence-electron chi connectivity index (χ2n) is 4.80. The first-order chi connectivity index (χ1) is 11.3. The van der Waals surface area contributed by atoms with Crippen LogP contribution in [-0.2, 0) is 21.4 Å². The molecule has 128 valence electrons. The Morgan fingerprint density at radius 3 is 2.58 bits per heavy atom. The first-order valence-electron chi connectivity index (χ1n) is 7.03. The third-order valence-corrected chi connectivity index (χ3v) is 4.36. The Balaban J connectivity index is 2.19. The second kappa shape index (κ2) is 7.65. The van der Waals surface area contributed by atoms with Gasteiger partial charge in [0.05, 0.1) is 22.1 Å². The smallest absolute Gasteiger partial charge is 0.340 e. The topological polar surface area (TPSA) is 95.7 Å². The minimum atomic E-state index is -3.94. The molecule has 2 aromatic carbocycles. The maximum atomic E-state index is 12.2. The number of hydrogen-bond acceptors (Lipinski definition) is 5. The lowest BCUT2D eigenvalue weighted by Gasteiger charge is -2.11. The number of sulfonamides is 1. The van der Waals surface area contributed by atoms with Crippen molar-refractivity contribution >= 4 is 27.6 Å². The summed E-state index contributed by atoms with van der Waals surface area (Å²) in [5.41, 5.74) is 0.614. The van der Waals surface area contributed by atoms with Crippen molar-refractivity contribution in [2.75, 3.05) is 6.61 Å². The largest absolute Gasteiger partial charge is 0.493 e. The molecule has 0 spiro atoms. The van der Waals surface area contributed by atoms with E-state index < -0.39 is 16.0 Å². The summed E-state index contributed by atoms with van der Waals surface area (Å²) >= 11 is 5.94. The van der Waals surface area contributed by atoms with Crippen LogP contribution in [0.3, 0.4) is 0 Å². The molecule has 24 heavy (non-hydrogen) atoms. The first-order valence-corrected chi connectivity index (χ1v) is 8.95. The summed E-state index contributed by atoms with van der Waals surface area (Å²) in [6.07, 6.45) is 0. The summed E-state index contributed by atoms with van der Waals surface area (Å²) in [6.45, 7) is 2.29. The molecule has 0 fully saturated rings. The number of para-hydroxylation sites is 1. The van der Waals surface area contributed by atoms with Gasteiger partial charge >= 0.3 is 5.97 Å². The fraction of sp³-hybridized carbons (Fsp3) is 0.188. The van der Waals surface area contributed by atoms with Gasteiger partial charge in [-0.3, -0.25) is 0 Å². The van der Waals surface area contributed by atoms with Gasteiger partial charge in [-0.25, -0.2) is 18.4 Å². The summed E-state index contributed by atoms with van der Waals surface area (Å²) in [5, 5.41) is 5.13. The highest BCUT2D eigenvalue weighted by atomic mass is 35.5. The van der Waals surface area contributed by atoms with E-state index in [2.05, 4.69) is 0 Å². The average molecular weight is 370 g/mol. The van der Waals surface area contributed by atoms with Gasteiger partial charge in [-0.1, -0.05) is 29.8 Å². The Hall–Kier alpha value is -2.09. The summed E-state index contributed by atoms with van der Waals surface area (Å²) in [6, 6.07) is 10.7. The fourth-order valence-electron chi connectivity index (χ4n) is 1.98. The molecular formula is C16H16ClNO5S. The van der Waals surface area contributed by atoms with Gasteiger partial charge in [0.25, 0.3) is 0 Å². The Kier molecular flexibility index (Phi) is 5.82. The van der Waals surface area contributed by atoms with Crippen molar-refractivity contribution in [1.82, 2.24) is 0 Å². The van der Waals surface area contributed by atoms with Crippen LogP contribution in [0.5, 0.6) is 5.75 Å². The molecule has 0 aromatic heterocycles. The van der Waals surface area contributed by atoms with Crippen molar-refractivity contribution in [2.45, 2.75) is 18.4 Å². The van der Waals surface area contributed by atoms with Gasteiger partial charge in [-0.2, -0.15) is 0 Å². The maximum absolute atomic E-state index is 12.2. The molecule has 0 saturated carbocycles. The van der Waals surface area contributed by atoms with Crippen LogP contribution in [0.15, 0.2) is 47.4 Å². The number of primary sulfonamides is 1. The number of carbonyl (C=O) groups is 1. The van der Waals surface area contributed by atoms with Crippen molar-refractivity contribution in [3.8, 4) is 5.75 Å². The third kappa shape index (κ3) is 4.47. The van der Waals surface area contributed by atoms with E-state index in [0.29, 0.717) is 17.9 Å². The van der Waals surface area contributed by atoms with Crippen molar-refractivity contribution in [2.24, 2.45) is 5.14 Å². The van der Waals surface area contributed by atoms with Crippen LogP contribution >= 0.6 is 11.6 Å². The summed E-state index contributed by atoms with van der Waals surface area (Å²) < 4.78 is 33.4. The van der Waals surface area contributed by atoms with Crippen LogP contribution in [0.4, 0.5) is 0 Å². The minimum absolute atomic E-state index is 0.0368. The molecule has 0 aliphatic carbocycles. The third-order valence-electron chi connectivity index (χ3n) is 3.12. The highest BCUT2D eigenvalue weighted by Crippen LogP contribution is 2.23. The van der Waals surface area contributed by atoms with E-state index >= 15 is 0 Å². The van der Waals surface area contributed by atoms with Crippen LogP contribution in [0.2, 0.25) is 5.02 Å². The number of hydrogen-bond donors (Lipinski definition) is 1. The van der Waals surface area contributed by atoms with Crippen LogP contribution in [0.25, 0.3) is 0 Å². The molecule has 0 heterocycles. The molecule has 8 heteroatoms. The molecule has 2 N–H and O–H groups in total. The number of ether oxygens (including phenoxy) is 2. The average Bonchev–Trinajstić information content (AvgIpc) is 2.53. The van der Waals surface area contributed by atoms with Crippen LogP contribution in [-0.4, -0.2) is 21.0 Å². The monoisotopic (exact) mass is 369 g/mol. The van der Waals surface area contributed by atoms with Gasteiger partial charge in [0, 0.05) is 5.56 Å². The molecule has 0 radical (unpaired) electrons. The van der Waals surface area contributed by atoms with Gasteiger partial charge in [-0.15, -0.1) is 0 Å². The molecule has 2 rings (SSSR count). The highest BCUT2D eigenvalue weighted by Gasteiger charge is 2.17. The molecule has 0 saturated heterocycles. The van der Waals surface area contributed by atoms with E-state index in [9.17, 15) is 13.2 Å². The molecule has 0 bridgehead atoms. The van der Waals surface area contributed by atoms with Gasteiger partial charge < -0.3 is 9.47 Å². The minimum Gasteiger partial charge on any atom is -0.493 e. The van der Waals surface area contributed by atoms with Crippen LogP contribution in [0.1, 0.15) is 22.8 Å². The SMILES string of the molecule is CCOc1ccccc1COC(=O)c1cc(S(N)(=O)=O)ccc1Cl. The maximum Gasteiger partial charge on any atom is 0.340 e. The molecule has 0 aliphatic rings.